The van der Waals surface area contributed by atoms with E-state index in [2.05, 4.69) is 20.2 Å². The highest BCUT2D eigenvalue weighted by Crippen LogP contribution is 2.32. The zero-order valence-electron chi connectivity index (χ0n) is 16.8. The number of carbonyl (C=O) groups excluding carboxylic acids is 1. The van der Waals surface area contributed by atoms with Crippen molar-refractivity contribution in [2.75, 3.05) is 36.5 Å². The van der Waals surface area contributed by atoms with E-state index in [4.69, 9.17) is 14.2 Å². The normalized spacial score (nSPS) is 18.2. The molecule has 2 fully saturated rings. The SMILES string of the molecule is CC(C)Oc1ccccc1NC(=O)c1cnc(N2CCC3(CC2)OCCO3)cn1. The summed E-state index contributed by atoms with van der Waals surface area (Å²) in [6, 6.07) is 7.34. The molecule has 8 heteroatoms. The van der Waals surface area contributed by atoms with Crippen LogP contribution in [0.25, 0.3) is 0 Å². The molecule has 0 unspecified atom stereocenters. The maximum atomic E-state index is 12.6. The number of nitrogens with zero attached hydrogens (tertiary/aromatic N) is 3. The van der Waals surface area contributed by atoms with Crippen LogP contribution in [0, 0.1) is 0 Å². The summed E-state index contributed by atoms with van der Waals surface area (Å²) in [4.78, 5) is 23.5. The molecule has 1 aromatic heterocycles. The molecule has 1 N–H and O–H groups in total. The molecule has 1 spiro atoms. The molecule has 8 nitrogen and oxygen atoms in total. The van der Waals surface area contributed by atoms with Crippen LogP contribution in [0.4, 0.5) is 11.5 Å². The predicted molar refractivity (Wildman–Crippen MR) is 108 cm³/mol. The van der Waals surface area contributed by atoms with Gasteiger partial charge in [-0.2, -0.15) is 0 Å². The molecule has 3 heterocycles. The average molecular weight is 398 g/mol. The molecular formula is C21H26N4O4. The number of piperidine rings is 1. The van der Waals surface area contributed by atoms with Crippen LogP contribution in [0.1, 0.15) is 37.2 Å². The fourth-order valence-electron chi connectivity index (χ4n) is 3.58. The van der Waals surface area contributed by atoms with Crippen molar-refractivity contribution in [2.45, 2.75) is 38.6 Å². The fraction of sp³-hybridized carbons (Fsp3) is 0.476. The maximum absolute atomic E-state index is 12.6. The van der Waals surface area contributed by atoms with E-state index in [1.807, 2.05) is 32.0 Å². The lowest BCUT2D eigenvalue weighted by molar-refractivity contribution is -0.169. The summed E-state index contributed by atoms with van der Waals surface area (Å²) < 4.78 is 17.3. The number of benzene rings is 1. The smallest absolute Gasteiger partial charge is 0.275 e. The van der Waals surface area contributed by atoms with Crippen LogP contribution in [0.3, 0.4) is 0 Å². The van der Waals surface area contributed by atoms with Gasteiger partial charge < -0.3 is 24.4 Å². The van der Waals surface area contributed by atoms with Gasteiger partial charge in [0.2, 0.25) is 0 Å². The zero-order valence-corrected chi connectivity index (χ0v) is 16.8. The fourth-order valence-corrected chi connectivity index (χ4v) is 3.58. The van der Waals surface area contributed by atoms with Gasteiger partial charge in [-0.15, -0.1) is 0 Å². The monoisotopic (exact) mass is 398 g/mol. The van der Waals surface area contributed by atoms with E-state index < -0.39 is 5.79 Å². The molecule has 1 amide bonds. The highest BCUT2D eigenvalue weighted by Gasteiger charge is 2.40. The van der Waals surface area contributed by atoms with E-state index in [0.29, 0.717) is 24.7 Å². The van der Waals surface area contributed by atoms with Crippen LogP contribution in [0.15, 0.2) is 36.7 Å². The molecule has 0 radical (unpaired) electrons. The Bertz CT molecular complexity index is 840. The Balaban J connectivity index is 1.39. The second-order valence-electron chi connectivity index (χ2n) is 7.47. The first-order valence-corrected chi connectivity index (χ1v) is 9.97. The number of hydrogen-bond acceptors (Lipinski definition) is 7. The summed E-state index contributed by atoms with van der Waals surface area (Å²) in [7, 11) is 0. The Kier molecular flexibility index (Phi) is 5.64. The number of para-hydroxylation sites is 2. The number of anilines is 2. The van der Waals surface area contributed by atoms with Gasteiger partial charge in [0.1, 0.15) is 17.3 Å². The molecule has 4 rings (SSSR count). The van der Waals surface area contributed by atoms with E-state index in [0.717, 1.165) is 31.7 Å². The predicted octanol–water partition coefficient (Wildman–Crippen LogP) is 2.86. The first kappa shape index (κ1) is 19.6. The number of ether oxygens (including phenoxy) is 3. The molecule has 2 aliphatic rings. The van der Waals surface area contributed by atoms with Crippen LogP contribution >= 0.6 is 0 Å². The molecule has 2 aromatic rings. The molecule has 0 atom stereocenters. The van der Waals surface area contributed by atoms with Gasteiger partial charge in [-0.3, -0.25) is 4.79 Å². The zero-order chi connectivity index (χ0) is 20.3. The Morgan fingerprint density at radius 3 is 2.52 bits per heavy atom. The number of aromatic nitrogens is 2. The van der Waals surface area contributed by atoms with Gasteiger partial charge in [0.25, 0.3) is 5.91 Å². The summed E-state index contributed by atoms with van der Waals surface area (Å²) >= 11 is 0. The molecule has 29 heavy (non-hydrogen) atoms. The molecule has 2 aliphatic heterocycles. The largest absolute Gasteiger partial charge is 0.489 e. The van der Waals surface area contributed by atoms with Crippen molar-refractivity contribution in [1.29, 1.82) is 0 Å². The Morgan fingerprint density at radius 1 is 1.14 bits per heavy atom. The van der Waals surface area contributed by atoms with E-state index in [-0.39, 0.29) is 17.7 Å². The van der Waals surface area contributed by atoms with E-state index >= 15 is 0 Å². The highest BCUT2D eigenvalue weighted by molar-refractivity contribution is 6.03. The quantitative estimate of drug-likeness (QED) is 0.829. The second kappa shape index (κ2) is 8.34. The first-order chi connectivity index (χ1) is 14.0. The number of nitrogens with one attached hydrogen (secondary N) is 1. The second-order valence-corrected chi connectivity index (χ2v) is 7.47. The van der Waals surface area contributed by atoms with Gasteiger partial charge in [0.05, 0.1) is 37.4 Å². The molecule has 0 aliphatic carbocycles. The standard InChI is InChI=1S/C21H26N4O4/c1-15(2)29-18-6-4-3-5-16(18)24-20(26)17-13-23-19(14-22-17)25-9-7-21(8-10-25)27-11-12-28-21/h3-6,13-15H,7-12H2,1-2H3,(H,24,26). The molecule has 0 saturated carbocycles. The summed E-state index contributed by atoms with van der Waals surface area (Å²) in [6.07, 6.45) is 4.74. The number of amides is 1. The summed E-state index contributed by atoms with van der Waals surface area (Å²) in [5, 5.41) is 2.85. The van der Waals surface area contributed by atoms with Crippen molar-refractivity contribution < 1.29 is 19.0 Å². The Hall–Kier alpha value is -2.71. The number of hydrogen-bond donors (Lipinski definition) is 1. The number of rotatable bonds is 5. The molecule has 2 saturated heterocycles. The third kappa shape index (κ3) is 4.49. The van der Waals surface area contributed by atoms with Crippen molar-refractivity contribution >= 4 is 17.4 Å². The lowest BCUT2D eigenvalue weighted by Gasteiger charge is -2.37. The van der Waals surface area contributed by atoms with Gasteiger partial charge in [0.15, 0.2) is 5.79 Å². The minimum atomic E-state index is -0.421. The van der Waals surface area contributed by atoms with Crippen LogP contribution in [0.5, 0.6) is 5.75 Å². The Labute approximate surface area is 170 Å². The van der Waals surface area contributed by atoms with Gasteiger partial charge in [-0.05, 0) is 26.0 Å². The molecular weight excluding hydrogens is 372 g/mol. The van der Waals surface area contributed by atoms with E-state index in [9.17, 15) is 4.79 Å². The lowest BCUT2D eigenvalue weighted by atomic mass is 10.0. The van der Waals surface area contributed by atoms with Crippen LogP contribution < -0.4 is 15.0 Å². The van der Waals surface area contributed by atoms with Gasteiger partial charge in [0, 0.05) is 25.9 Å². The highest BCUT2D eigenvalue weighted by atomic mass is 16.7. The lowest BCUT2D eigenvalue weighted by Crippen LogP contribution is -2.45. The molecule has 154 valence electrons. The summed E-state index contributed by atoms with van der Waals surface area (Å²) in [5.74, 6) is 0.626. The van der Waals surface area contributed by atoms with Crippen molar-refractivity contribution in [3.63, 3.8) is 0 Å². The Morgan fingerprint density at radius 2 is 1.86 bits per heavy atom. The third-order valence-corrected chi connectivity index (χ3v) is 5.03. The van der Waals surface area contributed by atoms with Gasteiger partial charge >= 0.3 is 0 Å². The maximum Gasteiger partial charge on any atom is 0.275 e. The number of carbonyl (C=O) groups is 1. The van der Waals surface area contributed by atoms with Crippen molar-refractivity contribution in [1.82, 2.24) is 9.97 Å². The van der Waals surface area contributed by atoms with Gasteiger partial charge in [-0.1, -0.05) is 12.1 Å². The van der Waals surface area contributed by atoms with Crippen LogP contribution in [-0.2, 0) is 9.47 Å². The average Bonchev–Trinajstić information content (AvgIpc) is 3.18. The van der Waals surface area contributed by atoms with Crippen molar-refractivity contribution in [2.24, 2.45) is 0 Å². The topological polar surface area (TPSA) is 85.8 Å². The summed E-state index contributed by atoms with van der Waals surface area (Å²) in [5.41, 5.74) is 0.860. The molecule has 0 bridgehead atoms. The van der Waals surface area contributed by atoms with E-state index in [1.165, 1.54) is 6.20 Å². The van der Waals surface area contributed by atoms with E-state index in [1.54, 1.807) is 12.3 Å². The van der Waals surface area contributed by atoms with Crippen molar-refractivity contribution in [3.05, 3.63) is 42.4 Å². The van der Waals surface area contributed by atoms with Gasteiger partial charge in [-0.25, -0.2) is 9.97 Å². The van der Waals surface area contributed by atoms with Crippen molar-refractivity contribution in [3.8, 4) is 5.75 Å². The van der Waals surface area contributed by atoms with Crippen LogP contribution in [0.2, 0.25) is 0 Å². The van der Waals surface area contributed by atoms with Crippen LogP contribution in [-0.4, -0.2) is 54.1 Å². The molecule has 1 aromatic carbocycles. The minimum absolute atomic E-state index is 0.0100. The minimum Gasteiger partial charge on any atom is -0.489 e. The summed E-state index contributed by atoms with van der Waals surface area (Å²) in [6.45, 7) is 6.76. The first-order valence-electron chi connectivity index (χ1n) is 9.97. The third-order valence-electron chi connectivity index (χ3n) is 5.03.